The molecular weight excluding hydrogens is 276 g/mol. The van der Waals surface area contributed by atoms with Crippen molar-refractivity contribution in [2.24, 2.45) is 5.73 Å². The Morgan fingerprint density at radius 1 is 1.05 bits per heavy atom. The normalized spacial score (nSPS) is 17.3. The van der Waals surface area contributed by atoms with Crippen molar-refractivity contribution < 1.29 is 9.59 Å². The smallest absolute Gasteiger partial charge is 0.256 e. The van der Waals surface area contributed by atoms with E-state index in [1.54, 1.807) is 24.3 Å². The van der Waals surface area contributed by atoms with Crippen LogP contribution in [-0.4, -0.2) is 11.8 Å². The average Bonchev–Trinajstić information content (AvgIpc) is 2.52. The minimum absolute atomic E-state index is 0.217. The van der Waals surface area contributed by atoms with E-state index in [9.17, 15) is 9.59 Å². The van der Waals surface area contributed by atoms with Crippen LogP contribution in [0.3, 0.4) is 0 Å². The van der Waals surface area contributed by atoms with E-state index in [0.717, 1.165) is 11.3 Å². The van der Waals surface area contributed by atoms with E-state index in [2.05, 4.69) is 5.32 Å². The highest BCUT2D eigenvalue weighted by Crippen LogP contribution is 2.19. The van der Waals surface area contributed by atoms with Gasteiger partial charge >= 0.3 is 0 Å². The standard InChI is InChI=1S/C18H14N2O2/c19-17(21)14-9-10-15-13(11-14)7-4-8-16(20-18(15)22)12-5-2-1-3-6-12/h1-11H,(H2,19,21)(H,20,22). The van der Waals surface area contributed by atoms with Gasteiger partial charge in [0.15, 0.2) is 0 Å². The van der Waals surface area contributed by atoms with E-state index in [1.165, 1.54) is 0 Å². The van der Waals surface area contributed by atoms with Crippen LogP contribution in [0.5, 0.6) is 0 Å². The number of allylic oxidation sites excluding steroid dienone is 2. The molecule has 0 spiro atoms. The summed E-state index contributed by atoms with van der Waals surface area (Å²) in [5.41, 5.74) is 8.48. The van der Waals surface area contributed by atoms with Crippen molar-refractivity contribution in [3.05, 3.63) is 82.9 Å². The van der Waals surface area contributed by atoms with Gasteiger partial charge in [0.05, 0.1) is 0 Å². The van der Waals surface area contributed by atoms with Gasteiger partial charge in [0.2, 0.25) is 5.91 Å². The summed E-state index contributed by atoms with van der Waals surface area (Å²) in [4.78, 5) is 23.7. The first-order chi connectivity index (χ1) is 10.6. The summed E-state index contributed by atoms with van der Waals surface area (Å²) in [5, 5.41) is 2.89. The lowest BCUT2D eigenvalue weighted by Crippen LogP contribution is -2.24. The molecule has 0 aromatic heterocycles. The van der Waals surface area contributed by atoms with Crippen molar-refractivity contribution in [3.63, 3.8) is 0 Å². The monoisotopic (exact) mass is 290 g/mol. The zero-order chi connectivity index (χ0) is 15.5. The Hall–Kier alpha value is -3.14. The summed E-state index contributed by atoms with van der Waals surface area (Å²) in [7, 11) is 0. The fourth-order valence-electron chi connectivity index (χ4n) is 2.33. The van der Waals surface area contributed by atoms with Crippen LogP contribution in [0.25, 0.3) is 11.8 Å². The second-order valence-corrected chi connectivity index (χ2v) is 4.93. The molecule has 0 radical (unpaired) electrons. The van der Waals surface area contributed by atoms with Gasteiger partial charge in [0, 0.05) is 16.8 Å². The van der Waals surface area contributed by atoms with Gasteiger partial charge in [0.1, 0.15) is 0 Å². The van der Waals surface area contributed by atoms with Crippen molar-refractivity contribution in [2.45, 2.75) is 0 Å². The molecular formula is C18H14N2O2. The molecule has 4 nitrogen and oxygen atoms in total. The predicted octanol–water partition coefficient (Wildman–Crippen LogP) is 2.58. The molecule has 0 bridgehead atoms. The molecule has 1 aliphatic rings. The number of nitrogens with two attached hydrogens (primary N) is 1. The molecule has 0 fully saturated rings. The van der Waals surface area contributed by atoms with Gasteiger partial charge in [-0.2, -0.15) is 0 Å². The average molecular weight is 290 g/mol. The van der Waals surface area contributed by atoms with Gasteiger partial charge in [-0.1, -0.05) is 42.5 Å². The number of amides is 2. The molecule has 0 saturated carbocycles. The molecule has 0 saturated heterocycles. The fraction of sp³-hybridized carbons (Fsp3) is 0. The van der Waals surface area contributed by atoms with E-state index in [0.29, 0.717) is 16.7 Å². The largest absolute Gasteiger partial charge is 0.366 e. The van der Waals surface area contributed by atoms with Crippen LogP contribution < -0.4 is 11.1 Å². The number of fused-ring (bicyclic) bond motifs is 1. The highest BCUT2D eigenvalue weighted by atomic mass is 16.2. The topological polar surface area (TPSA) is 72.2 Å². The first kappa shape index (κ1) is 13.8. The number of hydrogen-bond acceptors (Lipinski definition) is 2. The molecule has 0 unspecified atom stereocenters. The Morgan fingerprint density at radius 2 is 1.82 bits per heavy atom. The van der Waals surface area contributed by atoms with E-state index in [4.69, 9.17) is 5.73 Å². The second-order valence-electron chi connectivity index (χ2n) is 4.93. The van der Waals surface area contributed by atoms with Gasteiger partial charge in [-0.05, 0) is 35.4 Å². The van der Waals surface area contributed by atoms with E-state index in [1.807, 2.05) is 42.5 Å². The highest BCUT2D eigenvalue weighted by molar-refractivity contribution is 6.04. The molecule has 1 heterocycles. The van der Waals surface area contributed by atoms with Crippen molar-refractivity contribution in [3.8, 4) is 0 Å². The molecule has 2 aromatic carbocycles. The van der Waals surface area contributed by atoms with Crippen molar-refractivity contribution in [1.82, 2.24) is 5.32 Å². The maximum absolute atomic E-state index is 12.4. The Balaban J connectivity index is 2.03. The fourth-order valence-corrected chi connectivity index (χ4v) is 2.33. The molecule has 0 aliphatic carbocycles. The Bertz CT molecular complexity index is 805. The van der Waals surface area contributed by atoms with Gasteiger partial charge in [-0.15, -0.1) is 0 Å². The van der Waals surface area contributed by atoms with Gasteiger partial charge in [0.25, 0.3) is 5.91 Å². The molecule has 1 aliphatic heterocycles. The van der Waals surface area contributed by atoms with Crippen molar-refractivity contribution >= 4 is 23.6 Å². The molecule has 3 rings (SSSR count). The van der Waals surface area contributed by atoms with Crippen LogP contribution in [0.2, 0.25) is 0 Å². The minimum atomic E-state index is -0.515. The maximum atomic E-state index is 12.4. The lowest BCUT2D eigenvalue weighted by Gasteiger charge is -2.14. The summed E-state index contributed by atoms with van der Waals surface area (Å²) in [6.45, 7) is 0. The molecule has 2 aromatic rings. The zero-order valence-electron chi connectivity index (χ0n) is 11.7. The predicted molar refractivity (Wildman–Crippen MR) is 85.9 cm³/mol. The Morgan fingerprint density at radius 3 is 2.55 bits per heavy atom. The zero-order valence-corrected chi connectivity index (χ0v) is 11.7. The first-order valence-corrected chi connectivity index (χ1v) is 6.84. The van der Waals surface area contributed by atoms with E-state index in [-0.39, 0.29) is 5.91 Å². The summed E-state index contributed by atoms with van der Waals surface area (Å²) >= 11 is 0. The SMILES string of the molecule is NC(=O)c1ccc2c(c1)/C=C/C=C(\c1ccccc1)NC2=O. The third kappa shape index (κ3) is 2.67. The molecule has 2 amide bonds. The van der Waals surface area contributed by atoms with Crippen LogP contribution in [0.4, 0.5) is 0 Å². The Kier molecular flexibility index (Phi) is 3.58. The molecule has 4 heteroatoms. The third-order valence-corrected chi connectivity index (χ3v) is 3.45. The summed E-state index contributed by atoms with van der Waals surface area (Å²) in [6.07, 6.45) is 5.46. The summed E-state index contributed by atoms with van der Waals surface area (Å²) < 4.78 is 0. The number of primary amides is 1. The summed E-state index contributed by atoms with van der Waals surface area (Å²) in [6, 6.07) is 14.4. The summed E-state index contributed by atoms with van der Waals surface area (Å²) in [5.74, 6) is -0.732. The molecule has 108 valence electrons. The quantitative estimate of drug-likeness (QED) is 0.892. The van der Waals surface area contributed by atoms with Gasteiger partial charge in [-0.25, -0.2) is 0 Å². The number of hydrogen-bond donors (Lipinski definition) is 2. The third-order valence-electron chi connectivity index (χ3n) is 3.45. The van der Waals surface area contributed by atoms with Crippen LogP contribution in [0, 0.1) is 0 Å². The van der Waals surface area contributed by atoms with Crippen LogP contribution in [0.1, 0.15) is 31.8 Å². The van der Waals surface area contributed by atoms with Crippen molar-refractivity contribution in [2.75, 3.05) is 0 Å². The Labute approximate surface area is 128 Å². The second kappa shape index (κ2) is 5.69. The number of carbonyl (C=O) groups is 2. The van der Waals surface area contributed by atoms with Crippen LogP contribution >= 0.6 is 0 Å². The molecule has 3 N–H and O–H groups in total. The minimum Gasteiger partial charge on any atom is -0.366 e. The molecule has 22 heavy (non-hydrogen) atoms. The molecule has 0 atom stereocenters. The van der Waals surface area contributed by atoms with Crippen molar-refractivity contribution in [1.29, 1.82) is 0 Å². The lowest BCUT2D eigenvalue weighted by atomic mass is 10.0. The number of rotatable bonds is 2. The van der Waals surface area contributed by atoms with Gasteiger partial charge < -0.3 is 11.1 Å². The van der Waals surface area contributed by atoms with E-state index >= 15 is 0 Å². The van der Waals surface area contributed by atoms with Crippen LogP contribution in [-0.2, 0) is 0 Å². The maximum Gasteiger partial charge on any atom is 0.256 e. The number of carbonyl (C=O) groups excluding carboxylic acids is 2. The van der Waals surface area contributed by atoms with Gasteiger partial charge in [-0.3, -0.25) is 9.59 Å². The number of nitrogens with one attached hydrogen (secondary N) is 1. The highest BCUT2D eigenvalue weighted by Gasteiger charge is 2.15. The number of benzene rings is 2. The van der Waals surface area contributed by atoms with Crippen LogP contribution in [0.15, 0.2) is 60.7 Å². The van der Waals surface area contributed by atoms with E-state index < -0.39 is 5.91 Å². The lowest BCUT2D eigenvalue weighted by molar-refractivity contribution is 0.0969. The first-order valence-electron chi connectivity index (χ1n) is 6.84.